The van der Waals surface area contributed by atoms with E-state index in [0.29, 0.717) is 13.0 Å². The summed E-state index contributed by atoms with van der Waals surface area (Å²) in [6.07, 6.45) is 7.16. The topological polar surface area (TPSA) is 52.6 Å². The number of nitrogens with one attached hydrogen (secondary N) is 1. The zero-order valence-corrected chi connectivity index (χ0v) is 12.3. The number of carbonyl (C=O) groups is 1. The first-order valence-corrected chi connectivity index (χ1v) is 7.77. The lowest BCUT2D eigenvalue weighted by atomic mass is 9.95. The molecule has 0 aromatic rings. The molecule has 0 bridgehead atoms. The van der Waals surface area contributed by atoms with Crippen molar-refractivity contribution in [3.05, 3.63) is 0 Å². The molecule has 0 amide bonds. The van der Waals surface area contributed by atoms with E-state index in [9.17, 15) is 9.90 Å². The minimum atomic E-state index is -0.760. The number of rotatable bonds is 10. The molecule has 1 atom stereocenters. The lowest BCUT2D eigenvalue weighted by Gasteiger charge is -2.28. The van der Waals surface area contributed by atoms with E-state index in [1.807, 2.05) is 6.92 Å². The number of carboxylic acid groups (broad SMARTS) is 1. The van der Waals surface area contributed by atoms with Gasteiger partial charge in [0.05, 0.1) is 0 Å². The third-order valence-electron chi connectivity index (χ3n) is 4.41. The van der Waals surface area contributed by atoms with E-state index in [-0.39, 0.29) is 0 Å². The van der Waals surface area contributed by atoms with Crippen LogP contribution >= 0.6 is 0 Å². The summed E-state index contributed by atoms with van der Waals surface area (Å²) < 4.78 is 0. The van der Waals surface area contributed by atoms with Gasteiger partial charge in [-0.05, 0) is 64.5 Å². The fraction of sp³-hybridized carbons (Fsp3) is 0.933. The molecule has 110 valence electrons. The Hall–Kier alpha value is -0.610. The number of aliphatic carboxylic acids is 1. The smallest absolute Gasteiger partial charge is 0.323 e. The zero-order valence-electron chi connectivity index (χ0n) is 12.3. The maximum atomic E-state index is 11.3. The van der Waals surface area contributed by atoms with E-state index in [1.165, 1.54) is 32.2 Å². The Bertz CT molecular complexity index is 313. The SMILES string of the molecule is CCNC(C)(CCCN(CC1CC1)C1CC1)C(=O)O. The van der Waals surface area contributed by atoms with Crippen molar-refractivity contribution >= 4 is 5.97 Å². The van der Waals surface area contributed by atoms with Crippen molar-refractivity contribution in [2.24, 2.45) is 5.92 Å². The minimum Gasteiger partial charge on any atom is -0.480 e. The van der Waals surface area contributed by atoms with Gasteiger partial charge in [-0.1, -0.05) is 6.92 Å². The maximum Gasteiger partial charge on any atom is 0.323 e. The summed E-state index contributed by atoms with van der Waals surface area (Å²) in [6, 6.07) is 0.802. The van der Waals surface area contributed by atoms with Gasteiger partial charge >= 0.3 is 5.97 Å². The van der Waals surface area contributed by atoms with Crippen molar-refractivity contribution in [1.82, 2.24) is 10.2 Å². The van der Waals surface area contributed by atoms with E-state index in [2.05, 4.69) is 10.2 Å². The molecule has 2 rings (SSSR count). The third kappa shape index (κ3) is 4.46. The lowest BCUT2D eigenvalue weighted by Crippen LogP contribution is -2.49. The first kappa shape index (κ1) is 14.8. The zero-order chi connectivity index (χ0) is 13.9. The van der Waals surface area contributed by atoms with Crippen molar-refractivity contribution < 1.29 is 9.90 Å². The molecule has 2 aliphatic carbocycles. The molecular weight excluding hydrogens is 240 g/mol. The molecule has 0 aromatic carbocycles. The van der Waals surface area contributed by atoms with Gasteiger partial charge in [0.15, 0.2) is 0 Å². The molecule has 2 N–H and O–H groups in total. The Morgan fingerprint density at radius 1 is 1.37 bits per heavy atom. The number of carboxylic acids is 1. The molecule has 0 heterocycles. The van der Waals surface area contributed by atoms with Gasteiger partial charge in [0.2, 0.25) is 0 Å². The van der Waals surface area contributed by atoms with Crippen LogP contribution in [-0.2, 0) is 4.79 Å². The largest absolute Gasteiger partial charge is 0.480 e. The summed E-state index contributed by atoms with van der Waals surface area (Å²) in [4.78, 5) is 13.9. The summed E-state index contributed by atoms with van der Waals surface area (Å²) in [7, 11) is 0. The Morgan fingerprint density at radius 3 is 2.53 bits per heavy atom. The van der Waals surface area contributed by atoms with Crippen LogP contribution in [0.2, 0.25) is 0 Å². The van der Waals surface area contributed by atoms with Crippen molar-refractivity contribution in [2.45, 2.75) is 64.0 Å². The average molecular weight is 268 g/mol. The summed E-state index contributed by atoms with van der Waals surface area (Å²) in [5, 5.41) is 12.4. The van der Waals surface area contributed by atoms with Crippen LogP contribution in [0.25, 0.3) is 0 Å². The highest BCUT2D eigenvalue weighted by molar-refractivity contribution is 5.78. The Balaban J connectivity index is 1.74. The standard InChI is InChI=1S/C15H28N2O2/c1-3-16-15(2,14(18)19)9-4-10-17(13-7-8-13)11-12-5-6-12/h12-13,16H,3-11H2,1-2H3,(H,18,19). The van der Waals surface area contributed by atoms with Crippen LogP contribution < -0.4 is 5.32 Å². The van der Waals surface area contributed by atoms with Crippen molar-refractivity contribution in [3.63, 3.8) is 0 Å². The van der Waals surface area contributed by atoms with Crippen LogP contribution in [-0.4, -0.2) is 47.2 Å². The average Bonchev–Trinajstić information content (AvgIpc) is 3.21. The van der Waals surface area contributed by atoms with Crippen LogP contribution in [0.4, 0.5) is 0 Å². The summed E-state index contributed by atoms with van der Waals surface area (Å²) in [5.41, 5.74) is -0.760. The molecule has 19 heavy (non-hydrogen) atoms. The second kappa shape index (κ2) is 6.23. The Kier molecular flexibility index (Phi) is 4.85. The highest BCUT2D eigenvalue weighted by Gasteiger charge is 2.35. The van der Waals surface area contributed by atoms with Gasteiger partial charge in [0.25, 0.3) is 0 Å². The molecule has 0 aromatic heterocycles. The van der Waals surface area contributed by atoms with Gasteiger partial charge < -0.3 is 15.3 Å². The fourth-order valence-electron chi connectivity index (χ4n) is 2.79. The molecule has 4 heteroatoms. The molecule has 2 aliphatic rings. The number of likely N-dealkylation sites (N-methyl/N-ethyl adjacent to an activating group) is 1. The van der Waals surface area contributed by atoms with E-state index in [0.717, 1.165) is 24.9 Å². The van der Waals surface area contributed by atoms with Crippen molar-refractivity contribution in [2.75, 3.05) is 19.6 Å². The van der Waals surface area contributed by atoms with E-state index >= 15 is 0 Å². The molecule has 1 unspecified atom stereocenters. The molecule has 0 saturated heterocycles. The fourth-order valence-corrected chi connectivity index (χ4v) is 2.79. The predicted molar refractivity (Wildman–Crippen MR) is 76.3 cm³/mol. The van der Waals surface area contributed by atoms with Crippen LogP contribution in [0.15, 0.2) is 0 Å². The Morgan fingerprint density at radius 2 is 2.05 bits per heavy atom. The lowest BCUT2D eigenvalue weighted by molar-refractivity contribution is -0.144. The van der Waals surface area contributed by atoms with Gasteiger partial charge in [-0.15, -0.1) is 0 Å². The van der Waals surface area contributed by atoms with Gasteiger partial charge in [-0.2, -0.15) is 0 Å². The van der Waals surface area contributed by atoms with Gasteiger partial charge in [0.1, 0.15) is 5.54 Å². The van der Waals surface area contributed by atoms with Gasteiger partial charge in [0, 0.05) is 12.6 Å². The highest BCUT2D eigenvalue weighted by Crippen LogP contribution is 2.35. The molecule has 2 saturated carbocycles. The molecule has 0 aliphatic heterocycles. The molecule has 0 spiro atoms. The second-order valence-corrected chi connectivity index (χ2v) is 6.44. The minimum absolute atomic E-state index is 0.706. The normalized spacial score (nSPS) is 22.5. The van der Waals surface area contributed by atoms with Crippen molar-refractivity contribution in [1.29, 1.82) is 0 Å². The van der Waals surface area contributed by atoms with Gasteiger partial charge in [-0.25, -0.2) is 0 Å². The summed E-state index contributed by atoms with van der Waals surface area (Å²) in [5.74, 6) is 0.203. The number of hydrogen-bond donors (Lipinski definition) is 2. The monoisotopic (exact) mass is 268 g/mol. The third-order valence-corrected chi connectivity index (χ3v) is 4.41. The second-order valence-electron chi connectivity index (χ2n) is 6.44. The first-order valence-electron chi connectivity index (χ1n) is 7.77. The molecule has 0 radical (unpaired) electrons. The van der Waals surface area contributed by atoms with Crippen LogP contribution in [0, 0.1) is 5.92 Å². The summed E-state index contributed by atoms with van der Waals surface area (Å²) >= 11 is 0. The molecule has 2 fully saturated rings. The quantitative estimate of drug-likeness (QED) is 0.637. The molecule has 4 nitrogen and oxygen atoms in total. The van der Waals surface area contributed by atoms with E-state index in [4.69, 9.17) is 0 Å². The predicted octanol–water partition coefficient (Wildman–Crippen LogP) is 2.09. The number of nitrogens with zero attached hydrogens (tertiary/aromatic N) is 1. The maximum absolute atomic E-state index is 11.3. The van der Waals surface area contributed by atoms with Crippen molar-refractivity contribution in [3.8, 4) is 0 Å². The highest BCUT2D eigenvalue weighted by atomic mass is 16.4. The Labute approximate surface area is 116 Å². The number of hydrogen-bond acceptors (Lipinski definition) is 3. The first-order chi connectivity index (χ1) is 9.05. The van der Waals surface area contributed by atoms with Crippen LogP contribution in [0.3, 0.4) is 0 Å². The van der Waals surface area contributed by atoms with Gasteiger partial charge in [-0.3, -0.25) is 4.79 Å². The van der Waals surface area contributed by atoms with E-state index in [1.54, 1.807) is 6.92 Å². The van der Waals surface area contributed by atoms with Crippen LogP contribution in [0.1, 0.15) is 52.4 Å². The molecular formula is C15H28N2O2. The van der Waals surface area contributed by atoms with Crippen LogP contribution in [0.5, 0.6) is 0 Å². The summed E-state index contributed by atoms with van der Waals surface area (Å²) in [6.45, 7) is 6.79. The van der Waals surface area contributed by atoms with E-state index < -0.39 is 11.5 Å².